The molecule has 1 aromatic heterocycles. The van der Waals surface area contributed by atoms with Crippen molar-refractivity contribution in [1.82, 2.24) is 5.32 Å². The first-order chi connectivity index (χ1) is 12.9. The standard InChI is InChI=1S/C16H23NO3.C4H4O4/c1-10(18)12-7-5-6-11-8-14(20-15(11)12)13(19)9-17-16(2,3)4;5-3(6)1-2-4(7)8/h5-8,10,13,17-19H,9H2,1-4H3;1-2H,(H,5,6)(H,7,8)/b;2-1-/t10?,13-;/m0./s1. The van der Waals surface area contributed by atoms with E-state index in [1.165, 1.54) is 0 Å². The summed E-state index contributed by atoms with van der Waals surface area (Å²) in [7, 11) is 0. The third-order valence-corrected chi connectivity index (χ3v) is 3.57. The molecule has 1 aromatic carbocycles. The number of carbonyl (C=O) groups is 2. The Morgan fingerprint density at radius 2 is 1.71 bits per heavy atom. The van der Waals surface area contributed by atoms with Gasteiger partial charge in [-0.1, -0.05) is 18.2 Å². The van der Waals surface area contributed by atoms with Crippen molar-refractivity contribution in [3.63, 3.8) is 0 Å². The van der Waals surface area contributed by atoms with E-state index in [4.69, 9.17) is 14.6 Å². The number of aliphatic carboxylic acids is 2. The molecule has 8 heteroatoms. The lowest BCUT2D eigenvalue weighted by molar-refractivity contribution is -0.134. The smallest absolute Gasteiger partial charge is 0.328 e. The van der Waals surface area contributed by atoms with Gasteiger partial charge in [0.1, 0.15) is 17.4 Å². The molecular weight excluding hydrogens is 366 g/mol. The molecule has 5 N–H and O–H groups in total. The monoisotopic (exact) mass is 393 g/mol. The lowest BCUT2D eigenvalue weighted by atomic mass is 10.1. The second-order valence-electron chi connectivity index (χ2n) is 7.25. The van der Waals surface area contributed by atoms with Gasteiger partial charge in [-0.3, -0.25) is 0 Å². The van der Waals surface area contributed by atoms with Crippen LogP contribution in [0.4, 0.5) is 0 Å². The average molecular weight is 393 g/mol. The highest BCUT2D eigenvalue weighted by Gasteiger charge is 2.18. The minimum atomic E-state index is -1.26. The molecule has 0 radical (unpaired) electrons. The van der Waals surface area contributed by atoms with Crippen molar-refractivity contribution < 1.29 is 34.4 Å². The molecule has 0 spiro atoms. The first kappa shape index (κ1) is 23.4. The molecule has 0 saturated carbocycles. The van der Waals surface area contributed by atoms with Crippen molar-refractivity contribution in [2.75, 3.05) is 6.54 Å². The number of rotatable bonds is 6. The van der Waals surface area contributed by atoms with E-state index in [2.05, 4.69) is 5.32 Å². The number of furan rings is 1. The summed E-state index contributed by atoms with van der Waals surface area (Å²) in [6.45, 7) is 8.26. The number of carboxylic acids is 2. The number of carboxylic acid groups (broad SMARTS) is 2. The Balaban J connectivity index is 0.000000416. The number of aliphatic hydroxyl groups excluding tert-OH is 2. The predicted molar refractivity (Wildman–Crippen MR) is 104 cm³/mol. The number of hydrogen-bond donors (Lipinski definition) is 5. The number of β-amino-alcohol motifs (C(OH)–C–C–N with tert-alkyl or cyclic N) is 1. The van der Waals surface area contributed by atoms with Crippen molar-refractivity contribution in [2.45, 2.75) is 45.4 Å². The number of para-hydroxylation sites is 1. The Hall–Kier alpha value is -2.68. The molecule has 28 heavy (non-hydrogen) atoms. The molecule has 0 saturated heterocycles. The summed E-state index contributed by atoms with van der Waals surface area (Å²) in [6, 6.07) is 7.46. The van der Waals surface area contributed by atoms with Crippen LogP contribution < -0.4 is 5.32 Å². The molecule has 154 valence electrons. The molecule has 2 rings (SSSR count). The van der Waals surface area contributed by atoms with E-state index in [0.717, 1.165) is 10.9 Å². The second kappa shape index (κ2) is 10.0. The van der Waals surface area contributed by atoms with Gasteiger partial charge in [0, 0.05) is 35.2 Å². The van der Waals surface area contributed by atoms with E-state index in [1.807, 2.05) is 45.0 Å². The van der Waals surface area contributed by atoms with E-state index < -0.39 is 24.1 Å². The number of fused-ring (bicyclic) bond motifs is 1. The SMILES string of the molecule is CC(O)c1cccc2cc([C@@H](O)CNC(C)(C)C)oc12.O=C(O)/C=C\C(=O)O. The van der Waals surface area contributed by atoms with Crippen LogP contribution in [0.2, 0.25) is 0 Å². The fraction of sp³-hybridized carbons (Fsp3) is 0.400. The fourth-order valence-corrected chi connectivity index (χ4v) is 2.24. The molecule has 0 aliphatic heterocycles. The minimum absolute atomic E-state index is 0.0578. The van der Waals surface area contributed by atoms with E-state index in [0.29, 0.717) is 30.0 Å². The topological polar surface area (TPSA) is 140 Å². The maximum Gasteiger partial charge on any atom is 0.328 e. The largest absolute Gasteiger partial charge is 0.478 e. The quantitative estimate of drug-likeness (QED) is 0.472. The van der Waals surface area contributed by atoms with E-state index in [9.17, 15) is 19.8 Å². The number of aliphatic hydroxyl groups is 2. The first-order valence-corrected chi connectivity index (χ1v) is 8.68. The first-order valence-electron chi connectivity index (χ1n) is 8.68. The summed E-state index contributed by atoms with van der Waals surface area (Å²) in [5.41, 5.74) is 1.33. The van der Waals surface area contributed by atoms with Crippen LogP contribution in [0, 0.1) is 0 Å². The van der Waals surface area contributed by atoms with Crippen molar-refractivity contribution >= 4 is 22.9 Å². The predicted octanol–water partition coefficient (Wildman–Crippen LogP) is 2.62. The van der Waals surface area contributed by atoms with Crippen LogP contribution in [0.1, 0.15) is 51.2 Å². The Labute approximate surface area is 163 Å². The lowest BCUT2D eigenvalue weighted by Crippen LogP contribution is -2.38. The van der Waals surface area contributed by atoms with Crippen LogP contribution in [-0.4, -0.2) is 44.4 Å². The summed E-state index contributed by atoms with van der Waals surface area (Å²) in [5, 5.41) is 39.7. The summed E-state index contributed by atoms with van der Waals surface area (Å²) in [6.07, 6.45) is -0.184. The van der Waals surface area contributed by atoms with Gasteiger partial charge in [-0.05, 0) is 33.8 Å². The zero-order valence-electron chi connectivity index (χ0n) is 16.3. The highest BCUT2D eigenvalue weighted by Crippen LogP contribution is 2.29. The molecule has 0 aliphatic rings. The Kier molecular flexibility index (Phi) is 8.36. The van der Waals surface area contributed by atoms with Crippen molar-refractivity contribution in [2.24, 2.45) is 0 Å². The molecule has 2 aromatic rings. The molecule has 1 heterocycles. The number of benzene rings is 1. The second-order valence-corrected chi connectivity index (χ2v) is 7.25. The number of nitrogens with one attached hydrogen (secondary N) is 1. The maximum absolute atomic E-state index is 10.2. The van der Waals surface area contributed by atoms with Gasteiger partial charge in [0.2, 0.25) is 0 Å². The molecule has 0 fully saturated rings. The van der Waals surface area contributed by atoms with Gasteiger partial charge < -0.3 is 30.2 Å². The van der Waals surface area contributed by atoms with E-state index in [1.54, 1.807) is 6.92 Å². The van der Waals surface area contributed by atoms with E-state index in [-0.39, 0.29) is 5.54 Å². The van der Waals surface area contributed by atoms with Gasteiger partial charge in [0.05, 0.1) is 6.10 Å². The Bertz CT molecular complexity index is 815. The van der Waals surface area contributed by atoms with Gasteiger partial charge in [-0.2, -0.15) is 0 Å². The fourth-order valence-electron chi connectivity index (χ4n) is 2.24. The van der Waals surface area contributed by atoms with Gasteiger partial charge in [-0.15, -0.1) is 0 Å². The summed E-state index contributed by atoms with van der Waals surface area (Å²) in [4.78, 5) is 19.1. The molecule has 0 amide bonds. The van der Waals surface area contributed by atoms with Crippen LogP contribution in [-0.2, 0) is 9.59 Å². The molecule has 0 aliphatic carbocycles. The average Bonchev–Trinajstić information content (AvgIpc) is 3.01. The summed E-state index contributed by atoms with van der Waals surface area (Å²) >= 11 is 0. The van der Waals surface area contributed by atoms with E-state index >= 15 is 0 Å². The highest BCUT2D eigenvalue weighted by atomic mass is 16.4. The molecule has 8 nitrogen and oxygen atoms in total. The number of hydrogen-bond acceptors (Lipinski definition) is 6. The Morgan fingerprint density at radius 1 is 1.14 bits per heavy atom. The summed E-state index contributed by atoms with van der Waals surface area (Å²) < 4.78 is 5.74. The molecule has 0 bridgehead atoms. The van der Waals surface area contributed by atoms with Crippen molar-refractivity contribution in [3.05, 3.63) is 47.7 Å². The van der Waals surface area contributed by atoms with Crippen LogP contribution in [0.25, 0.3) is 11.0 Å². The molecule has 1 unspecified atom stereocenters. The van der Waals surface area contributed by atoms with Gasteiger partial charge in [-0.25, -0.2) is 9.59 Å². The van der Waals surface area contributed by atoms with Crippen LogP contribution in [0.3, 0.4) is 0 Å². The zero-order chi connectivity index (χ0) is 21.5. The lowest BCUT2D eigenvalue weighted by Gasteiger charge is -2.22. The normalized spacial score (nSPS) is 13.8. The highest BCUT2D eigenvalue weighted by molar-refractivity contribution is 5.89. The molecular formula is C20H27NO7. The Morgan fingerprint density at radius 3 is 2.18 bits per heavy atom. The van der Waals surface area contributed by atoms with Crippen LogP contribution in [0.15, 0.2) is 40.8 Å². The summed E-state index contributed by atoms with van der Waals surface area (Å²) in [5.74, 6) is -2.00. The van der Waals surface area contributed by atoms with Crippen molar-refractivity contribution in [3.8, 4) is 0 Å². The third-order valence-electron chi connectivity index (χ3n) is 3.57. The minimum Gasteiger partial charge on any atom is -0.478 e. The zero-order valence-corrected chi connectivity index (χ0v) is 16.3. The van der Waals surface area contributed by atoms with Crippen LogP contribution >= 0.6 is 0 Å². The van der Waals surface area contributed by atoms with Gasteiger partial charge >= 0.3 is 11.9 Å². The maximum atomic E-state index is 10.2. The van der Waals surface area contributed by atoms with Gasteiger partial charge in [0.25, 0.3) is 0 Å². The van der Waals surface area contributed by atoms with Crippen molar-refractivity contribution in [1.29, 1.82) is 0 Å². The molecule has 2 atom stereocenters. The van der Waals surface area contributed by atoms with Crippen LogP contribution in [0.5, 0.6) is 0 Å². The van der Waals surface area contributed by atoms with Gasteiger partial charge in [0.15, 0.2) is 0 Å². The third kappa shape index (κ3) is 7.91.